The van der Waals surface area contributed by atoms with Gasteiger partial charge in [-0.25, -0.2) is 4.39 Å². The molecule has 2 rings (SSSR count). The minimum atomic E-state index is -4.56. The van der Waals surface area contributed by atoms with E-state index < -0.39 is 24.1 Å². The van der Waals surface area contributed by atoms with Gasteiger partial charge in [-0.05, 0) is 39.0 Å². The summed E-state index contributed by atoms with van der Waals surface area (Å²) in [5.74, 6) is -0.361. The number of benzene rings is 1. The second-order valence-corrected chi connectivity index (χ2v) is 5.35. The molecule has 0 aliphatic heterocycles. The van der Waals surface area contributed by atoms with Crippen molar-refractivity contribution < 1.29 is 22.3 Å². The van der Waals surface area contributed by atoms with Gasteiger partial charge in [0.2, 0.25) is 11.9 Å². The molecule has 1 unspecified atom stereocenters. The zero-order valence-corrected chi connectivity index (χ0v) is 14.5. The van der Waals surface area contributed by atoms with Crippen LogP contribution in [0.4, 0.5) is 35.1 Å². The molecule has 2 aromatic rings. The number of rotatable bonds is 7. The van der Waals surface area contributed by atoms with Crippen molar-refractivity contribution in [3.05, 3.63) is 30.1 Å². The molecule has 0 aliphatic carbocycles. The van der Waals surface area contributed by atoms with Gasteiger partial charge in [0.25, 0.3) is 0 Å². The molecule has 1 atom stereocenters. The van der Waals surface area contributed by atoms with E-state index in [0.29, 0.717) is 18.8 Å². The maximum Gasteiger partial charge on any atom is 0.425 e. The topological polar surface area (TPSA) is 63.2 Å². The van der Waals surface area contributed by atoms with Gasteiger partial charge in [-0.3, -0.25) is 0 Å². The molecule has 142 valence electrons. The van der Waals surface area contributed by atoms with E-state index in [9.17, 15) is 17.6 Å². The summed E-state index contributed by atoms with van der Waals surface area (Å²) in [5.41, 5.74) is 0.344. The molecule has 0 bridgehead atoms. The van der Waals surface area contributed by atoms with E-state index in [-0.39, 0.29) is 11.9 Å². The van der Waals surface area contributed by atoms with Crippen LogP contribution in [-0.4, -0.2) is 40.3 Å². The van der Waals surface area contributed by atoms with Crippen LogP contribution in [0.1, 0.15) is 20.8 Å². The third-order valence-corrected chi connectivity index (χ3v) is 3.47. The van der Waals surface area contributed by atoms with Crippen LogP contribution < -0.4 is 15.0 Å². The minimum absolute atomic E-state index is 0.0446. The van der Waals surface area contributed by atoms with E-state index in [4.69, 9.17) is 4.74 Å². The second kappa shape index (κ2) is 8.15. The summed E-state index contributed by atoms with van der Waals surface area (Å²) in [6.07, 6.45) is -6.64. The van der Waals surface area contributed by atoms with Crippen molar-refractivity contribution in [1.82, 2.24) is 15.0 Å². The summed E-state index contributed by atoms with van der Waals surface area (Å²) >= 11 is 0. The highest BCUT2D eigenvalue weighted by molar-refractivity contribution is 5.54. The molecule has 0 fully saturated rings. The lowest BCUT2D eigenvalue weighted by Crippen LogP contribution is -2.32. The molecule has 1 N–H and O–H groups in total. The largest absolute Gasteiger partial charge is 0.451 e. The zero-order chi connectivity index (χ0) is 19.3. The number of ether oxygens (including phenoxy) is 1. The Bertz CT molecular complexity index is 737. The van der Waals surface area contributed by atoms with Crippen LogP contribution in [0.2, 0.25) is 0 Å². The molecular formula is C16H19F4N5O. The number of nitrogens with one attached hydrogen (secondary N) is 1. The van der Waals surface area contributed by atoms with Crippen LogP contribution in [0.25, 0.3) is 0 Å². The van der Waals surface area contributed by atoms with Crippen LogP contribution in [-0.2, 0) is 0 Å². The number of hydrogen-bond acceptors (Lipinski definition) is 6. The maximum absolute atomic E-state index is 13.3. The Balaban J connectivity index is 2.36. The quantitative estimate of drug-likeness (QED) is 0.742. The summed E-state index contributed by atoms with van der Waals surface area (Å²) in [6, 6.07) is 5.06. The van der Waals surface area contributed by atoms with Crippen molar-refractivity contribution in [3.8, 4) is 6.01 Å². The van der Waals surface area contributed by atoms with Crippen molar-refractivity contribution in [2.75, 3.05) is 23.3 Å². The molecule has 1 heterocycles. The van der Waals surface area contributed by atoms with Crippen molar-refractivity contribution in [2.24, 2.45) is 0 Å². The minimum Gasteiger partial charge on any atom is -0.451 e. The molecule has 1 aromatic heterocycles. The highest BCUT2D eigenvalue weighted by Crippen LogP contribution is 2.25. The fourth-order valence-corrected chi connectivity index (χ4v) is 2.02. The molecular weight excluding hydrogens is 354 g/mol. The number of nitrogens with zero attached hydrogens (tertiary/aromatic N) is 4. The molecule has 26 heavy (non-hydrogen) atoms. The van der Waals surface area contributed by atoms with Crippen LogP contribution >= 0.6 is 0 Å². The highest BCUT2D eigenvalue weighted by atomic mass is 19.4. The van der Waals surface area contributed by atoms with Gasteiger partial charge in [0, 0.05) is 18.8 Å². The third-order valence-electron chi connectivity index (χ3n) is 3.47. The molecule has 0 aliphatic rings. The Morgan fingerprint density at radius 1 is 1.15 bits per heavy atom. The lowest BCUT2D eigenvalue weighted by atomic mass is 10.3. The average molecular weight is 373 g/mol. The Labute approximate surface area is 148 Å². The standard InChI is InChI=1S/C16H19F4N5O/c1-4-25(5-2)14-22-13(21-12-8-6-7-11(17)9-12)23-15(24-14)26-10(3)16(18,19)20/h6-10H,4-5H2,1-3H3,(H,21,22,23,24). The SMILES string of the molecule is CCN(CC)c1nc(Nc2cccc(F)c2)nc(OC(C)C(F)(F)F)n1. The molecule has 0 saturated heterocycles. The van der Waals surface area contributed by atoms with E-state index >= 15 is 0 Å². The number of halogens is 4. The first-order valence-corrected chi connectivity index (χ1v) is 8.00. The van der Waals surface area contributed by atoms with Gasteiger partial charge < -0.3 is 15.0 Å². The van der Waals surface area contributed by atoms with Gasteiger partial charge in [0.1, 0.15) is 5.82 Å². The van der Waals surface area contributed by atoms with Crippen molar-refractivity contribution in [3.63, 3.8) is 0 Å². The molecule has 0 spiro atoms. The number of alkyl halides is 3. The van der Waals surface area contributed by atoms with Gasteiger partial charge in [-0.1, -0.05) is 6.07 Å². The molecule has 1 aromatic carbocycles. The van der Waals surface area contributed by atoms with E-state index in [1.54, 1.807) is 11.0 Å². The molecule has 10 heteroatoms. The molecule has 0 radical (unpaired) electrons. The van der Waals surface area contributed by atoms with E-state index in [1.165, 1.54) is 18.2 Å². The van der Waals surface area contributed by atoms with Crippen molar-refractivity contribution >= 4 is 17.6 Å². The zero-order valence-electron chi connectivity index (χ0n) is 14.5. The summed E-state index contributed by atoms with van der Waals surface area (Å²) < 4.78 is 56.4. The van der Waals surface area contributed by atoms with E-state index in [1.807, 2.05) is 13.8 Å². The Kier molecular flexibility index (Phi) is 6.17. The Morgan fingerprint density at radius 3 is 2.42 bits per heavy atom. The lowest BCUT2D eigenvalue weighted by molar-refractivity contribution is -0.190. The van der Waals surface area contributed by atoms with E-state index in [0.717, 1.165) is 6.92 Å². The second-order valence-electron chi connectivity index (χ2n) is 5.35. The monoisotopic (exact) mass is 373 g/mol. The first-order valence-electron chi connectivity index (χ1n) is 8.00. The number of hydrogen-bond donors (Lipinski definition) is 1. The average Bonchev–Trinajstić information content (AvgIpc) is 2.55. The third kappa shape index (κ3) is 5.17. The first kappa shape index (κ1) is 19.7. The van der Waals surface area contributed by atoms with Crippen LogP contribution in [0.5, 0.6) is 6.01 Å². The van der Waals surface area contributed by atoms with Crippen molar-refractivity contribution in [2.45, 2.75) is 33.1 Å². The first-order chi connectivity index (χ1) is 12.2. The summed E-state index contributed by atoms with van der Waals surface area (Å²) in [6.45, 7) is 5.64. The van der Waals surface area contributed by atoms with E-state index in [2.05, 4.69) is 20.3 Å². The maximum atomic E-state index is 13.3. The van der Waals surface area contributed by atoms with Gasteiger partial charge in [-0.2, -0.15) is 28.1 Å². The summed E-state index contributed by atoms with van der Waals surface area (Å²) in [4.78, 5) is 13.7. The predicted octanol–water partition coefficient (Wildman–Crippen LogP) is 3.93. The summed E-state index contributed by atoms with van der Waals surface area (Å²) in [7, 11) is 0. The Morgan fingerprint density at radius 2 is 1.85 bits per heavy atom. The highest BCUT2D eigenvalue weighted by Gasteiger charge is 2.38. The van der Waals surface area contributed by atoms with Crippen LogP contribution in [0, 0.1) is 5.82 Å². The summed E-state index contributed by atoms with van der Waals surface area (Å²) in [5, 5.41) is 2.75. The fourth-order valence-electron chi connectivity index (χ4n) is 2.02. The van der Waals surface area contributed by atoms with Gasteiger partial charge in [0.05, 0.1) is 0 Å². The number of anilines is 3. The molecule has 6 nitrogen and oxygen atoms in total. The van der Waals surface area contributed by atoms with Gasteiger partial charge >= 0.3 is 12.2 Å². The smallest absolute Gasteiger partial charge is 0.425 e. The lowest BCUT2D eigenvalue weighted by Gasteiger charge is -2.21. The molecule has 0 saturated carbocycles. The normalized spacial score (nSPS) is 12.6. The predicted molar refractivity (Wildman–Crippen MR) is 89.2 cm³/mol. The van der Waals surface area contributed by atoms with Crippen LogP contribution in [0.3, 0.4) is 0 Å². The van der Waals surface area contributed by atoms with Crippen LogP contribution in [0.15, 0.2) is 24.3 Å². The van der Waals surface area contributed by atoms with Crippen molar-refractivity contribution in [1.29, 1.82) is 0 Å². The Hall–Kier alpha value is -2.65. The van der Waals surface area contributed by atoms with Gasteiger partial charge in [-0.15, -0.1) is 0 Å². The number of aromatic nitrogens is 3. The van der Waals surface area contributed by atoms with Gasteiger partial charge in [0.15, 0.2) is 6.10 Å². The fraction of sp³-hybridized carbons (Fsp3) is 0.438. The molecule has 0 amide bonds.